The molecule has 0 heterocycles. The van der Waals surface area contributed by atoms with E-state index < -0.39 is 6.10 Å². The Morgan fingerprint density at radius 2 is 1.81 bits per heavy atom. The van der Waals surface area contributed by atoms with E-state index in [2.05, 4.69) is 16.0 Å². The molecule has 0 saturated carbocycles. The number of benzene rings is 3. The number of phenolic OH excluding ortho intramolecular Hbond substituents is 1. The van der Waals surface area contributed by atoms with E-state index >= 15 is 0 Å². The molecule has 37 heavy (non-hydrogen) atoms. The lowest BCUT2D eigenvalue weighted by molar-refractivity contribution is -0.105. The smallest absolute Gasteiger partial charge is 0.251 e. The molecule has 0 saturated heterocycles. The van der Waals surface area contributed by atoms with Gasteiger partial charge in [0.25, 0.3) is 5.91 Å². The molecule has 5 N–H and O–H groups in total. The fourth-order valence-electron chi connectivity index (χ4n) is 4.04. The molecule has 0 fully saturated rings. The van der Waals surface area contributed by atoms with Crippen LogP contribution in [-0.2, 0) is 17.6 Å². The van der Waals surface area contributed by atoms with Gasteiger partial charge in [0.15, 0.2) is 0 Å². The van der Waals surface area contributed by atoms with Crippen LogP contribution in [0.1, 0.15) is 47.0 Å². The summed E-state index contributed by atoms with van der Waals surface area (Å²) in [5.74, 6) is 0.613. The van der Waals surface area contributed by atoms with Crippen LogP contribution in [0.5, 0.6) is 11.5 Å². The van der Waals surface area contributed by atoms with Crippen molar-refractivity contribution in [3.8, 4) is 11.5 Å². The first kappa shape index (κ1) is 27.7. The second-order valence-electron chi connectivity index (χ2n) is 9.55. The number of carbonyl (C=O) groups is 2. The lowest BCUT2D eigenvalue weighted by Crippen LogP contribution is -2.43. The van der Waals surface area contributed by atoms with Crippen molar-refractivity contribution in [3.63, 3.8) is 0 Å². The molecule has 0 aliphatic rings. The molecule has 0 unspecified atom stereocenters. The average Bonchev–Trinajstić information content (AvgIpc) is 2.89. The Kier molecular flexibility index (Phi) is 9.65. The van der Waals surface area contributed by atoms with Gasteiger partial charge in [-0.2, -0.15) is 0 Å². The molecule has 2 amide bonds. The summed E-state index contributed by atoms with van der Waals surface area (Å²) in [4.78, 5) is 23.4. The third-order valence-electron chi connectivity index (χ3n) is 6.09. The number of aromatic hydroxyl groups is 1. The maximum Gasteiger partial charge on any atom is 0.251 e. The number of carbonyl (C=O) groups excluding carboxylic acids is 2. The highest BCUT2D eigenvalue weighted by Gasteiger charge is 2.21. The van der Waals surface area contributed by atoms with Crippen LogP contribution in [0.4, 0.5) is 5.69 Å². The summed E-state index contributed by atoms with van der Waals surface area (Å²) in [5, 5.41) is 29.2. The third kappa shape index (κ3) is 8.34. The van der Waals surface area contributed by atoms with Crippen molar-refractivity contribution in [2.75, 3.05) is 25.5 Å². The maximum absolute atomic E-state index is 12.7. The summed E-state index contributed by atoms with van der Waals surface area (Å²) in [6.45, 7) is 4.85. The van der Waals surface area contributed by atoms with Crippen molar-refractivity contribution in [1.82, 2.24) is 10.6 Å². The number of rotatable bonds is 13. The van der Waals surface area contributed by atoms with Crippen LogP contribution in [0.15, 0.2) is 66.7 Å². The normalized spacial score (nSPS) is 12.0. The second kappa shape index (κ2) is 12.9. The predicted octanol–water partition coefficient (Wildman–Crippen LogP) is 3.59. The van der Waals surface area contributed by atoms with Crippen molar-refractivity contribution in [2.45, 2.75) is 38.3 Å². The van der Waals surface area contributed by atoms with Crippen LogP contribution in [0.3, 0.4) is 0 Å². The number of hydrogen-bond acceptors (Lipinski definition) is 6. The van der Waals surface area contributed by atoms with Crippen LogP contribution in [-0.4, -0.2) is 48.3 Å². The number of aliphatic hydroxyl groups excluding tert-OH is 1. The molecule has 0 radical (unpaired) electrons. The van der Waals surface area contributed by atoms with Gasteiger partial charge in [-0.15, -0.1) is 0 Å². The van der Waals surface area contributed by atoms with Gasteiger partial charge in [-0.1, -0.05) is 30.3 Å². The quantitative estimate of drug-likeness (QED) is 0.179. The number of ether oxygens (including phenoxy) is 1. The lowest BCUT2D eigenvalue weighted by Gasteiger charge is -2.28. The highest BCUT2D eigenvalue weighted by Crippen LogP contribution is 2.27. The molecule has 0 spiro atoms. The Hall–Kier alpha value is -3.88. The van der Waals surface area contributed by atoms with Crippen LogP contribution >= 0.6 is 0 Å². The monoisotopic (exact) mass is 505 g/mol. The Bertz CT molecular complexity index is 1190. The first-order chi connectivity index (χ1) is 17.7. The van der Waals surface area contributed by atoms with Crippen LogP contribution in [0.2, 0.25) is 0 Å². The van der Waals surface area contributed by atoms with Gasteiger partial charge in [0.1, 0.15) is 11.5 Å². The summed E-state index contributed by atoms with van der Waals surface area (Å²) in [6, 6.07) is 19.9. The fraction of sp³-hybridized carbons (Fsp3) is 0.310. The predicted molar refractivity (Wildman–Crippen MR) is 144 cm³/mol. The molecule has 3 aromatic rings. The largest absolute Gasteiger partial charge is 0.506 e. The van der Waals surface area contributed by atoms with Gasteiger partial charge < -0.3 is 30.9 Å². The third-order valence-corrected chi connectivity index (χ3v) is 6.09. The zero-order valence-electron chi connectivity index (χ0n) is 21.5. The molecule has 0 bridgehead atoms. The molecule has 8 heteroatoms. The van der Waals surface area contributed by atoms with Crippen molar-refractivity contribution in [2.24, 2.45) is 0 Å². The van der Waals surface area contributed by atoms with E-state index in [0.29, 0.717) is 30.5 Å². The average molecular weight is 506 g/mol. The van der Waals surface area contributed by atoms with Crippen LogP contribution < -0.4 is 20.7 Å². The molecule has 196 valence electrons. The topological polar surface area (TPSA) is 120 Å². The molecular formula is C29H35N3O5. The Morgan fingerprint density at radius 1 is 1.05 bits per heavy atom. The van der Waals surface area contributed by atoms with E-state index in [-0.39, 0.29) is 29.4 Å². The van der Waals surface area contributed by atoms with Crippen molar-refractivity contribution in [1.29, 1.82) is 0 Å². The number of phenols is 1. The number of hydrogen-bond donors (Lipinski definition) is 5. The molecule has 3 rings (SSSR count). The number of methoxy groups -OCH3 is 1. The highest BCUT2D eigenvalue weighted by molar-refractivity contribution is 5.94. The zero-order chi connectivity index (χ0) is 26.8. The van der Waals surface area contributed by atoms with E-state index in [1.807, 2.05) is 56.3 Å². The summed E-state index contributed by atoms with van der Waals surface area (Å²) >= 11 is 0. The van der Waals surface area contributed by atoms with Gasteiger partial charge in [0.05, 0.1) is 18.9 Å². The number of nitrogens with one attached hydrogen (secondary N) is 3. The summed E-state index contributed by atoms with van der Waals surface area (Å²) in [7, 11) is 1.63. The number of β-amino-alcohol motifs (C(OH)–C–C–N with tert-alkyl or cyclic N) is 1. The van der Waals surface area contributed by atoms with E-state index in [1.54, 1.807) is 25.3 Å². The second-order valence-corrected chi connectivity index (χ2v) is 9.55. The minimum absolute atomic E-state index is 0.0685. The summed E-state index contributed by atoms with van der Waals surface area (Å²) in [6.07, 6.45) is 1.000. The van der Waals surface area contributed by atoms with E-state index in [4.69, 9.17) is 4.74 Å². The molecule has 0 aliphatic heterocycles. The molecule has 3 aromatic carbocycles. The van der Waals surface area contributed by atoms with Crippen LogP contribution in [0.25, 0.3) is 0 Å². The molecule has 0 aliphatic carbocycles. The molecular weight excluding hydrogens is 470 g/mol. The van der Waals surface area contributed by atoms with E-state index in [1.165, 1.54) is 6.07 Å². The molecule has 8 nitrogen and oxygen atoms in total. The fourth-order valence-corrected chi connectivity index (χ4v) is 4.04. The number of anilines is 1. The van der Waals surface area contributed by atoms with E-state index in [0.717, 1.165) is 23.3 Å². The van der Waals surface area contributed by atoms with Gasteiger partial charge in [-0.3, -0.25) is 9.59 Å². The Balaban J connectivity index is 1.52. The Morgan fingerprint density at radius 3 is 2.51 bits per heavy atom. The molecule has 1 atom stereocenters. The van der Waals surface area contributed by atoms with Gasteiger partial charge in [-0.05, 0) is 79.8 Å². The SMILES string of the molecule is COc1ccc(CCNC(=O)c2cccc(CC(C)(C)NC[C@@H](O)c3ccc(O)c(NC=O)c3)c2)cc1. The summed E-state index contributed by atoms with van der Waals surface area (Å²) < 4.78 is 5.17. The minimum Gasteiger partial charge on any atom is -0.506 e. The zero-order valence-corrected chi connectivity index (χ0v) is 21.5. The standard InChI is InChI=1S/C29H35N3O5/c1-29(2,32-18-27(35)22-9-12-26(34)25(16-22)31-19-33)17-21-5-4-6-23(15-21)28(36)30-14-13-20-7-10-24(37-3)11-8-20/h4-12,15-16,19,27,32,34-35H,13-14,17-18H2,1-3H3,(H,30,36)(H,31,33)/t27-/m1/s1. The van der Waals surface area contributed by atoms with Gasteiger partial charge >= 0.3 is 0 Å². The van der Waals surface area contributed by atoms with Crippen molar-refractivity contribution < 1.29 is 24.5 Å². The Labute approximate surface area is 217 Å². The van der Waals surface area contributed by atoms with Gasteiger partial charge in [0, 0.05) is 24.2 Å². The van der Waals surface area contributed by atoms with Crippen molar-refractivity contribution >= 4 is 18.0 Å². The maximum atomic E-state index is 12.7. The van der Waals surface area contributed by atoms with Crippen LogP contribution in [0, 0.1) is 0 Å². The van der Waals surface area contributed by atoms with E-state index in [9.17, 15) is 19.8 Å². The number of amides is 2. The lowest BCUT2D eigenvalue weighted by atomic mass is 9.93. The van der Waals surface area contributed by atoms with Gasteiger partial charge in [-0.25, -0.2) is 0 Å². The molecule has 0 aromatic heterocycles. The highest BCUT2D eigenvalue weighted by atomic mass is 16.5. The summed E-state index contributed by atoms with van der Waals surface area (Å²) in [5.41, 5.74) is 3.15. The van der Waals surface area contributed by atoms with Gasteiger partial charge in [0.2, 0.25) is 6.41 Å². The first-order valence-electron chi connectivity index (χ1n) is 12.2. The number of aliphatic hydroxyl groups is 1. The van der Waals surface area contributed by atoms with Crippen molar-refractivity contribution in [3.05, 3.63) is 89.0 Å². The first-order valence-corrected chi connectivity index (χ1v) is 12.2. The minimum atomic E-state index is -0.838.